The second-order valence-corrected chi connectivity index (χ2v) is 7.78. The zero-order chi connectivity index (χ0) is 21.3. The van der Waals surface area contributed by atoms with Gasteiger partial charge in [-0.3, -0.25) is 4.79 Å². The molecule has 1 atom stereocenters. The predicted molar refractivity (Wildman–Crippen MR) is 114 cm³/mol. The van der Waals surface area contributed by atoms with Gasteiger partial charge in [-0.2, -0.15) is 0 Å². The maximum absolute atomic E-state index is 12.9. The average Bonchev–Trinajstić information content (AvgIpc) is 3.16. The Balaban J connectivity index is 1.53. The lowest BCUT2D eigenvalue weighted by molar-refractivity contribution is -0.138. The van der Waals surface area contributed by atoms with Crippen LogP contribution < -0.4 is 10.4 Å². The summed E-state index contributed by atoms with van der Waals surface area (Å²) in [6.07, 6.45) is 6.68. The fourth-order valence-electron chi connectivity index (χ4n) is 4.08. The Hall–Kier alpha value is -3.09. The quantitative estimate of drug-likeness (QED) is 0.584. The molecular weight excluding hydrogens is 382 g/mol. The molecule has 0 spiro atoms. The Labute approximate surface area is 175 Å². The third-order valence-corrected chi connectivity index (χ3v) is 5.80. The molecule has 1 aromatic carbocycles. The SMILES string of the molecule is CCN(Cc1nccn1C)C(=O)C(C)Oc1ccc2c3c(c(=O)oc2c1)CCCC3. The highest BCUT2D eigenvalue weighted by Gasteiger charge is 2.23. The summed E-state index contributed by atoms with van der Waals surface area (Å²) in [6.45, 7) is 4.64. The molecule has 0 N–H and O–H groups in total. The van der Waals surface area contributed by atoms with E-state index in [9.17, 15) is 9.59 Å². The van der Waals surface area contributed by atoms with Crippen LogP contribution >= 0.6 is 0 Å². The molecule has 7 nitrogen and oxygen atoms in total. The Morgan fingerprint density at radius 3 is 2.77 bits per heavy atom. The monoisotopic (exact) mass is 409 g/mol. The lowest BCUT2D eigenvalue weighted by Crippen LogP contribution is -2.40. The number of ether oxygens (including phenoxy) is 1. The van der Waals surface area contributed by atoms with Crippen LogP contribution in [0.25, 0.3) is 11.0 Å². The minimum atomic E-state index is -0.674. The van der Waals surface area contributed by atoms with Gasteiger partial charge >= 0.3 is 5.63 Å². The van der Waals surface area contributed by atoms with Crippen molar-refractivity contribution in [3.63, 3.8) is 0 Å². The minimum absolute atomic E-state index is 0.118. The topological polar surface area (TPSA) is 77.6 Å². The second-order valence-electron chi connectivity index (χ2n) is 7.78. The molecule has 4 rings (SSSR count). The van der Waals surface area contributed by atoms with Gasteiger partial charge in [0, 0.05) is 43.0 Å². The molecule has 30 heavy (non-hydrogen) atoms. The highest BCUT2D eigenvalue weighted by molar-refractivity contribution is 5.83. The number of aryl methyl sites for hydroxylation is 2. The van der Waals surface area contributed by atoms with E-state index in [0.717, 1.165) is 48.0 Å². The molecule has 3 aromatic rings. The van der Waals surface area contributed by atoms with Crippen LogP contribution in [0.4, 0.5) is 0 Å². The zero-order valence-electron chi connectivity index (χ0n) is 17.7. The number of carbonyl (C=O) groups is 1. The summed E-state index contributed by atoms with van der Waals surface area (Å²) in [7, 11) is 1.90. The summed E-state index contributed by atoms with van der Waals surface area (Å²) >= 11 is 0. The van der Waals surface area contributed by atoms with Gasteiger partial charge in [0.1, 0.15) is 17.2 Å². The molecule has 2 aromatic heterocycles. The molecule has 158 valence electrons. The van der Waals surface area contributed by atoms with Crippen molar-refractivity contribution >= 4 is 16.9 Å². The molecule has 0 bridgehead atoms. The van der Waals surface area contributed by atoms with Gasteiger partial charge in [0.25, 0.3) is 5.91 Å². The van der Waals surface area contributed by atoms with Crippen molar-refractivity contribution in [3.8, 4) is 5.75 Å². The van der Waals surface area contributed by atoms with Gasteiger partial charge in [-0.1, -0.05) is 0 Å². The molecule has 7 heteroatoms. The first-order chi connectivity index (χ1) is 14.5. The number of likely N-dealkylation sites (N-methyl/N-ethyl adjacent to an activating group) is 1. The van der Waals surface area contributed by atoms with Crippen LogP contribution in [0.1, 0.15) is 43.6 Å². The number of imidazole rings is 1. The average molecular weight is 409 g/mol. The summed E-state index contributed by atoms with van der Waals surface area (Å²) in [5, 5.41) is 0.959. The van der Waals surface area contributed by atoms with Crippen molar-refractivity contribution in [1.82, 2.24) is 14.5 Å². The Bertz CT molecular complexity index is 1130. The van der Waals surface area contributed by atoms with Crippen molar-refractivity contribution in [2.24, 2.45) is 7.05 Å². The molecule has 0 fully saturated rings. The number of hydrogen-bond donors (Lipinski definition) is 0. The summed E-state index contributed by atoms with van der Waals surface area (Å²) in [4.78, 5) is 31.3. The van der Waals surface area contributed by atoms with E-state index in [4.69, 9.17) is 9.15 Å². The number of hydrogen-bond acceptors (Lipinski definition) is 5. The normalized spacial score (nSPS) is 14.4. The largest absolute Gasteiger partial charge is 0.481 e. The molecule has 2 heterocycles. The van der Waals surface area contributed by atoms with Crippen LogP contribution in [0.15, 0.2) is 39.8 Å². The maximum atomic E-state index is 12.9. The van der Waals surface area contributed by atoms with Gasteiger partial charge in [0.15, 0.2) is 6.10 Å². The molecule has 0 saturated carbocycles. The molecule has 1 unspecified atom stereocenters. The number of carbonyl (C=O) groups excluding carboxylic acids is 1. The Morgan fingerprint density at radius 2 is 2.07 bits per heavy atom. The zero-order valence-corrected chi connectivity index (χ0v) is 17.7. The van der Waals surface area contributed by atoms with Crippen molar-refractivity contribution in [2.45, 2.75) is 52.2 Å². The molecule has 0 saturated heterocycles. The molecular formula is C23H27N3O4. The predicted octanol–water partition coefficient (Wildman–Crippen LogP) is 3.22. The van der Waals surface area contributed by atoms with Gasteiger partial charge in [0.2, 0.25) is 0 Å². The van der Waals surface area contributed by atoms with E-state index in [-0.39, 0.29) is 11.5 Å². The van der Waals surface area contributed by atoms with Crippen LogP contribution in [0.2, 0.25) is 0 Å². The summed E-state index contributed by atoms with van der Waals surface area (Å²) < 4.78 is 13.4. The molecule has 0 radical (unpaired) electrons. The number of nitrogens with zero attached hydrogens (tertiary/aromatic N) is 3. The number of fused-ring (bicyclic) bond motifs is 3. The Kier molecular flexibility index (Phi) is 5.61. The van der Waals surface area contributed by atoms with E-state index in [1.54, 1.807) is 24.1 Å². The Morgan fingerprint density at radius 1 is 1.30 bits per heavy atom. The van der Waals surface area contributed by atoms with E-state index in [1.165, 1.54) is 0 Å². The first-order valence-electron chi connectivity index (χ1n) is 10.5. The molecule has 1 aliphatic carbocycles. The molecule has 1 aliphatic rings. The van der Waals surface area contributed by atoms with Crippen molar-refractivity contribution in [1.29, 1.82) is 0 Å². The van der Waals surface area contributed by atoms with Crippen molar-refractivity contribution in [2.75, 3.05) is 6.54 Å². The molecule has 0 aliphatic heterocycles. The summed E-state index contributed by atoms with van der Waals surface area (Å²) in [5.41, 5.74) is 2.15. The highest BCUT2D eigenvalue weighted by atomic mass is 16.5. The van der Waals surface area contributed by atoms with Gasteiger partial charge < -0.3 is 18.6 Å². The molecule has 1 amide bonds. The van der Waals surface area contributed by atoms with E-state index in [2.05, 4.69) is 4.98 Å². The van der Waals surface area contributed by atoms with E-state index < -0.39 is 6.10 Å². The fourth-order valence-corrected chi connectivity index (χ4v) is 4.08. The van der Waals surface area contributed by atoms with Gasteiger partial charge in [-0.25, -0.2) is 9.78 Å². The van der Waals surface area contributed by atoms with Crippen molar-refractivity contribution in [3.05, 3.63) is 58.0 Å². The summed E-state index contributed by atoms with van der Waals surface area (Å²) in [6, 6.07) is 5.49. The van der Waals surface area contributed by atoms with Crippen LogP contribution in [-0.2, 0) is 31.2 Å². The van der Waals surface area contributed by atoms with Crippen molar-refractivity contribution < 1.29 is 13.9 Å². The maximum Gasteiger partial charge on any atom is 0.339 e. The first kappa shape index (κ1) is 20.2. The van der Waals surface area contributed by atoms with Crippen LogP contribution in [0, 0.1) is 0 Å². The smallest absolute Gasteiger partial charge is 0.339 e. The fraction of sp³-hybridized carbons (Fsp3) is 0.435. The second kappa shape index (κ2) is 8.34. The number of amides is 1. The number of benzene rings is 1. The highest BCUT2D eigenvalue weighted by Crippen LogP contribution is 2.29. The standard InChI is InChI=1S/C23H27N3O4/c1-4-26(14-21-24-11-12-25(21)3)22(27)15(2)29-16-9-10-18-17-7-5-6-8-19(17)23(28)30-20(18)13-16/h9-13,15H,4-8,14H2,1-3H3. The third-order valence-electron chi connectivity index (χ3n) is 5.80. The number of rotatable bonds is 6. The summed E-state index contributed by atoms with van der Waals surface area (Å²) in [5.74, 6) is 1.21. The van der Waals surface area contributed by atoms with E-state index in [0.29, 0.717) is 24.4 Å². The van der Waals surface area contributed by atoms with Gasteiger partial charge in [0.05, 0.1) is 6.54 Å². The van der Waals surface area contributed by atoms with E-state index >= 15 is 0 Å². The third kappa shape index (κ3) is 3.84. The lowest BCUT2D eigenvalue weighted by atomic mass is 9.91. The minimum Gasteiger partial charge on any atom is -0.481 e. The first-order valence-corrected chi connectivity index (χ1v) is 10.5. The van der Waals surface area contributed by atoms with Crippen LogP contribution in [0.3, 0.4) is 0 Å². The van der Waals surface area contributed by atoms with Crippen LogP contribution in [-0.4, -0.2) is 33.0 Å². The van der Waals surface area contributed by atoms with E-state index in [1.807, 2.05) is 36.9 Å². The van der Waals surface area contributed by atoms with Gasteiger partial charge in [-0.05, 0) is 57.2 Å². The van der Waals surface area contributed by atoms with Gasteiger partial charge in [-0.15, -0.1) is 0 Å². The lowest BCUT2D eigenvalue weighted by Gasteiger charge is -2.24. The van der Waals surface area contributed by atoms with Crippen LogP contribution in [0.5, 0.6) is 5.75 Å². The number of aromatic nitrogens is 2.